The topological polar surface area (TPSA) is 61.4 Å². The van der Waals surface area contributed by atoms with Gasteiger partial charge in [0, 0.05) is 13.2 Å². The summed E-state index contributed by atoms with van der Waals surface area (Å²) in [6.45, 7) is 0.173. The van der Waals surface area contributed by atoms with Crippen LogP contribution in [0.3, 0.4) is 0 Å². The molecule has 0 heterocycles. The van der Waals surface area contributed by atoms with E-state index in [0.717, 1.165) is 12.1 Å². The number of nitrogens with one attached hydrogen (secondary N) is 2. The van der Waals surface area contributed by atoms with E-state index < -0.39 is 23.4 Å². The van der Waals surface area contributed by atoms with Gasteiger partial charge in [-0.1, -0.05) is 6.07 Å². The van der Waals surface area contributed by atoms with E-state index in [4.69, 9.17) is 5.11 Å². The van der Waals surface area contributed by atoms with Gasteiger partial charge in [0.1, 0.15) is 17.3 Å². The lowest BCUT2D eigenvalue weighted by atomic mass is 10.3. The molecule has 0 radical (unpaired) electrons. The molecule has 2 amide bonds. The molecule has 6 heteroatoms. The van der Waals surface area contributed by atoms with Crippen molar-refractivity contribution in [3.63, 3.8) is 0 Å². The summed E-state index contributed by atoms with van der Waals surface area (Å²) in [7, 11) is 0. The molecule has 0 aliphatic carbocycles. The highest BCUT2D eigenvalue weighted by atomic mass is 19.1. The Morgan fingerprint density at radius 1 is 1.31 bits per heavy atom. The number of para-hydroxylation sites is 1. The highest BCUT2D eigenvalue weighted by Crippen LogP contribution is 2.17. The molecule has 0 saturated carbocycles. The number of aliphatic hydroxyl groups excluding tert-OH is 1. The van der Waals surface area contributed by atoms with Crippen molar-refractivity contribution in [2.75, 3.05) is 18.5 Å². The minimum absolute atomic E-state index is 0.0612. The van der Waals surface area contributed by atoms with E-state index in [1.165, 1.54) is 6.07 Å². The lowest BCUT2D eigenvalue weighted by Crippen LogP contribution is -2.30. The second-order valence-corrected chi connectivity index (χ2v) is 3.05. The average molecular weight is 230 g/mol. The van der Waals surface area contributed by atoms with E-state index in [1.54, 1.807) is 0 Å². The van der Waals surface area contributed by atoms with Crippen molar-refractivity contribution in [2.24, 2.45) is 0 Å². The SMILES string of the molecule is O=C(NCCCO)Nc1c(F)cccc1F. The molecule has 0 aromatic heterocycles. The number of rotatable bonds is 4. The number of benzene rings is 1. The molecule has 0 aliphatic rings. The first kappa shape index (κ1) is 12.4. The van der Waals surface area contributed by atoms with Gasteiger partial charge in [0.2, 0.25) is 0 Å². The van der Waals surface area contributed by atoms with E-state index in [9.17, 15) is 13.6 Å². The largest absolute Gasteiger partial charge is 0.396 e. The number of hydrogen-bond acceptors (Lipinski definition) is 2. The quantitative estimate of drug-likeness (QED) is 0.686. The maximum absolute atomic E-state index is 13.1. The number of halogens is 2. The fourth-order valence-corrected chi connectivity index (χ4v) is 1.06. The Kier molecular flexibility index (Phi) is 4.65. The summed E-state index contributed by atoms with van der Waals surface area (Å²) in [6, 6.07) is 2.59. The van der Waals surface area contributed by atoms with E-state index in [2.05, 4.69) is 10.6 Å². The standard InChI is InChI=1S/C10H12F2N2O2/c11-7-3-1-4-8(12)9(7)14-10(16)13-5-2-6-15/h1,3-4,15H,2,5-6H2,(H2,13,14,16). The molecule has 0 spiro atoms. The number of urea groups is 1. The highest BCUT2D eigenvalue weighted by Gasteiger charge is 2.10. The average Bonchev–Trinajstić information content (AvgIpc) is 2.24. The van der Waals surface area contributed by atoms with Crippen molar-refractivity contribution in [3.05, 3.63) is 29.8 Å². The summed E-state index contributed by atoms with van der Waals surface area (Å²) in [4.78, 5) is 11.2. The van der Waals surface area contributed by atoms with Crippen LogP contribution in [-0.2, 0) is 0 Å². The molecule has 1 aromatic rings. The van der Waals surface area contributed by atoms with Crippen LogP contribution in [0.2, 0.25) is 0 Å². The summed E-state index contributed by atoms with van der Waals surface area (Å²) in [6.07, 6.45) is 0.382. The molecule has 16 heavy (non-hydrogen) atoms. The maximum atomic E-state index is 13.1. The lowest BCUT2D eigenvalue weighted by Gasteiger charge is -2.08. The van der Waals surface area contributed by atoms with Crippen molar-refractivity contribution < 1.29 is 18.7 Å². The molecule has 0 saturated heterocycles. The van der Waals surface area contributed by atoms with E-state index in [1.807, 2.05) is 0 Å². The van der Waals surface area contributed by atoms with Crippen molar-refractivity contribution >= 4 is 11.7 Å². The summed E-state index contributed by atoms with van der Waals surface area (Å²) < 4.78 is 26.2. The molecule has 0 fully saturated rings. The monoisotopic (exact) mass is 230 g/mol. The molecular weight excluding hydrogens is 218 g/mol. The van der Waals surface area contributed by atoms with Gasteiger partial charge in [0.25, 0.3) is 0 Å². The fourth-order valence-electron chi connectivity index (χ4n) is 1.06. The first-order chi connectivity index (χ1) is 7.65. The van der Waals surface area contributed by atoms with Crippen LogP contribution in [0.5, 0.6) is 0 Å². The van der Waals surface area contributed by atoms with Crippen LogP contribution in [0.25, 0.3) is 0 Å². The number of hydrogen-bond donors (Lipinski definition) is 3. The van der Waals surface area contributed by atoms with Gasteiger partial charge in [0.05, 0.1) is 0 Å². The van der Waals surface area contributed by atoms with Gasteiger partial charge < -0.3 is 15.7 Å². The molecule has 1 rings (SSSR count). The molecule has 88 valence electrons. The Bertz CT molecular complexity index is 352. The van der Waals surface area contributed by atoms with Crippen molar-refractivity contribution in [3.8, 4) is 0 Å². The van der Waals surface area contributed by atoms with Gasteiger partial charge in [-0.2, -0.15) is 0 Å². The van der Waals surface area contributed by atoms with Gasteiger partial charge in [-0.3, -0.25) is 0 Å². The minimum atomic E-state index is -0.836. The Balaban J connectivity index is 2.56. The minimum Gasteiger partial charge on any atom is -0.396 e. The molecule has 1 aromatic carbocycles. The lowest BCUT2D eigenvalue weighted by molar-refractivity contribution is 0.248. The first-order valence-electron chi connectivity index (χ1n) is 4.75. The second-order valence-electron chi connectivity index (χ2n) is 3.05. The predicted molar refractivity (Wildman–Crippen MR) is 55.1 cm³/mol. The van der Waals surface area contributed by atoms with Crippen LogP contribution in [-0.4, -0.2) is 24.3 Å². The Morgan fingerprint density at radius 2 is 1.94 bits per heavy atom. The maximum Gasteiger partial charge on any atom is 0.319 e. The Labute approximate surface area is 91.3 Å². The van der Waals surface area contributed by atoms with Gasteiger partial charge in [-0.25, -0.2) is 13.6 Å². The third-order valence-corrected chi connectivity index (χ3v) is 1.82. The molecule has 3 N–H and O–H groups in total. The van der Waals surface area contributed by atoms with Crippen molar-refractivity contribution in [1.29, 1.82) is 0 Å². The van der Waals surface area contributed by atoms with Crippen LogP contribution >= 0.6 is 0 Å². The van der Waals surface area contributed by atoms with E-state index in [0.29, 0.717) is 6.42 Å². The second kappa shape index (κ2) is 6.02. The van der Waals surface area contributed by atoms with E-state index >= 15 is 0 Å². The Morgan fingerprint density at radius 3 is 2.50 bits per heavy atom. The number of anilines is 1. The zero-order chi connectivity index (χ0) is 12.0. The van der Waals surface area contributed by atoms with Crippen molar-refractivity contribution in [2.45, 2.75) is 6.42 Å². The van der Waals surface area contributed by atoms with Crippen LogP contribution in [0, 0.1) is 11.6 Å². The van der Waals surface area contributed by atoms with Crippen LogP contribution < -0.4 is 10.6 Å². The van der Waals surface area contributed by atoms with Gasteiger partial charge in [-0.15, -0.1) is 0 Å². The summed E-state index contributed by atoms with van der Waals surface area (Å²) >= 11 is 0. The number of aliphatic hydroxyl groups is 1. The Hall–Kier alpha value is -1.69. The third kappa shape index (κ3) is 3.47. The summed E-state index contributed by atoms with van der Waals surface area (Å²) in [5, 5.41) is 12.9. The van der Waals surface area contributed by atoms with Crippen LogP contribution in [0.1, 0.15) is 6.42 Å². The molecular formula is C10H12F2N2O2. The van der Waals surface area contributed by atoms with Gasteiger partial charge in [0.15, 0.2) is 0 Å². The van der Waals surface area contributed by atoms with Gasteiger partial charge in [-0.05, 0) is 18.6 Å². The fraction of sp³-hybridized carbons (Fsp3) is 0.300. The molecule has 0 aliphatic heterocycles. The molecule has 4 nitrogen and oxygen atoms in total. The third-order valence-electron chi connectivity index (χ3n) is 1.82. The molecule has 0 bridgehead atoms. The predicted octanol–water partition coefficient (Wildman–Crippen LogP) is 1.47. The van der Waals surface area contributed by atoms with Crippen molar-refractivity contribution in [1.82, 2.24) is 5.32 Å². The molecule has 0 unspecified atom stereocenters. The van der Waals surface area contributed by atoms with Crippen LogP contribution in [0.15, 0.2) is 18.2 Å². The van der Waals surface area contributed by atoms with E-state index in [-0.39, 0.29) is 13.2 Å². The number of carbonyl (C=O) groups is 1. The highest BCUT2D eigenvalue weighted by molar-refractivity contribution is 5.89. The zero-order valence-electron chi connectivity index (χ0n) is 8.46. The normalized spacial score (nSPS) is 9.94. The number of carbonyl (C=O) groups excluding carboxylic acids is 1. The van der Waals surface area contributed by atoms with Gasteiger partial charge >= 0.3 is 6.03 Å². The smallest absolute Gasteiger partial charge is 0.319 e. The zero-order valence-corrected chi connectivity index (χ0v) is 8.46. The summed E-state index contributed by atoms with van der Waals surface area (Å²) in [5.74, 6) is -1.67. The first-order valence-corrected chi connectivity index (χ1v) is 4.75. The number of amides is 2. The summed E-state index contributed by atoms with van der Waals surface area (Å²) in [5.41, 5.74) is -0.482. The molecule has 0 atom stereocenters. The van der Waals surface area contributed by atoms with Crippen LogP contribution in [0.4, 0.5) is 19.3 Å².